The first-order valence-electron chi connectivity index (χ1n) is 10.7. The highest BCUT2D eigenvalue weighted by atomic mass is 32.2. The molecule has 4 rings (SSSR count). The highest BCUT2D eigenvalue weighted by molar-refractivity contribution is 7.99. The number of likely N-dealkylation sites (N-methyl/N-ethyl adjacent to an activating group) is 1. The van der Waals surface area contributed by atoms with Crippen molar-refractivity contribution >= 4 is 33.0 Å². The molecule has 2 heterocycles. The van der Waals surface area contributed by atoms with Gasteiger partial charge in [-0.2, -0.15) is 0 Å². The molecule has 2 aromatic rings. The average Bonchev–Trinajstić information content (AvgIpc) is 2.74. The molecule has 7 heteroatoms. The molecule has 0 saturated carbocycles. The Morgan fingerprint density at radius 1 is 0.933 bits per heavy atom. The van der Waals surface area contributed by atoms with Crippen LogP contribution in [-0.2, 0) is 9.84 Å². The van der Waals surface area contributed by atoms with Gasteiger partial charge in [0.15, 0.2) is 9.84 Å². The summed E-state index contributed by atoms with van der Waals surface area (Å²) >= 11 is 1.72. The van der Waals surface area contributed by atoms with Crippen LogP contribution in [0.15, 0.2) is 57.2 Å². The fourth-order valence-corrected chi connectivity index (χ4v) is 6.18. The van der Waals surface area contributed by atoms with Crippen molar-refractivity contribution in [2.24, 2.45) is 0 Å². The maximum absolute atomic E-state index is 12.8. The minimum absolute atomic E-state index is 0.417. The van der Waals surface area contributed by atoms with Crippen molar-refractivity contribution in [3.05, 3.63) is 42.5 Å². The molecule has 0 unspecified atom stereocenters. The average molecular weight is 446 g/mol. The van der Waals surface area contributed by atoms with Crippen LogP contribution < -0.4 is 4.90 Å². The quantitative estimate of drug-likeness (QED) is 0.667. The van der Waals surface area contributed by atoms with Gasteiger partial charge in [0, 0.05) is 42.5 Å². The fraction of sp³-hybridized carbons (Fsp3) is 0.478. The van der Waals surface area contributed by atoms with Gasteiger partial charge < -0.3 is 14.7 Å². The van der Waals surface area contributed by atoms with E-state index in [2.05, 4.69) is 46.0 Å². The number of hydrogen-bond acceptors (Lipinski definition) is 6. The van der Waals surface area contributed by atoms with Crippen molar-refractivity contribution in [1.82, 2.24) is 9.80 Å². The largest absolute Gasteiger partial charge is 0.340 e. The zero-order valence-corrected chi connectivity index (χ0v) is 19.7. The molecular formula is C23H31N3O2S2. The summed E-state index contributed by atoms with van der Waals surface area (Å²) in [6.07, 6.45) is 1.04. The molecule has 162 valence electrons. The van der Waals surface area contributed by atoms with Crippen LogP contribution in [0.4, 0.5) is 11.4 Å². The predicted molar refractivity (Wildman–Crippen MR) is 125 cm³/mol. The second kappa shape index (κ2) is 8.91. The van der Waals surface area contributed by atoms with Crippen LogP contribution in [0.5, 0.6) is 0 Å². The van der Waals surface area contributed by atoms with Gasteiger partial charge in [-0.05, 0) is 64.2 Å². The normalized spacial score (nSPS) is 17.8. The lowest BCUT2D eigenvalue weighted by Gasteiger charge is -2.35. The van der Waals surface area contributed by atoms with Crippen molar-refractivity contribution < 1.29 is 8.42 Å². The van der Waals surface area contributed by atoms with Gasteiger partial charge in [-0.3, -0.25) is 0 Å². The van der Waals surface area contributed by atoms with Gasteiger partial charge in [0.2, 0.25) is 0 Å². The van der Waals surface area contributed by atoms with Crippen molar-refractivity contribution in [2.45, 2.75) is 40.2 Å². The van der Waals surface area contributed by atoms with Crippen LogP contribution in [0.2, 0.25) is 0 Å². The lowest BCUT2D eigenvalue weighted by Crippen LogP contribution is -2.45. The van der Waals surface area contributed by atoms with E-state index in [1.807, 2.05) is 12.1 Å². The van der Waals surface area contributed by atoms with E-state index >= 15 is 0 Å². The van der Waals surface area contributed by atoms with E-state index < -0.39 is 15.1 Å². The maximum Gasteiger partial charge on any atom is 0.180 e. The topological polar surface area (TPSA) is 43.9 Å². The molecular weight excluding hydrogens is 414 g/mol. The number of piperazine rings is 1. The van der Waals surface area contributed by atoms with Crippen molar-refractivity contribution in [3.63, 3.8) is 0 Å². The Balaban J connectivity index is 1.59. The molecule has 0 N–H and O–H groups in total. The van der Waals surface area contributed by atoms with E-state index in [4.69, 9.17) is 0 Å². The molecule has 0 radical (unpaired) electrons. The van der Waals surface area contributed by atoms with Crippen LogP contribution in [0.25, 0.3) is 0 Å². The number of benzene rings is 2. The Labute approximate surface area is 185 Å². The Morgan fingerprint density at radius 3 is 2.37 bits per heavy atom. The van der Waals surface area contributed by atoms with Crippen LogP contribution in [0.3, 0.4) is 0 Å². The van der Waals surface area contributed by atoms with Gasteiger partial charge in [-0.25, -0.2) is 8.42 Å². The second-order valence-electron chi connectivity index (χ2n) is 8.44. The molecule has 2 aliphatic heterocycles. The summed E-state index contributed by atoms with van der Waals surface area (Å²) < 4.78 is 25.6. The summed E-state index contributed by atoms with van der Waals surface area (Å²) in [4.78, 5) is 9.99. The lowest BCUT2D eigenvalue weighted by atomic mass is 10.2. The number of para-hydroxylation sites is 1. The summed E-state index contributed by atoms with van der Waals surface area (Å²) in [6, 6.07) is 14.0. The Morgan fingerprint density at radius 2 is 1.63 bits per heavy atom. The Bertz CT molecular complexity index is 999. The van der Waals surface area contributed by atoms with Crippen molar-refractivity contribution in [3.8, 4) is 0 Å². The number of hydrogen-bond donors (Lipinski definition) is 0. The number of rotatable bonds is 6. The summed E-state index contributed by atoms with van der Waals surface area (Å²) in [5.41, 5.74) is 2.19. The third-order valence-electron chi connectivity index (χ3n) is 6.00. The summed E-state index contributed by atoms with van der Waals surface area (Å²) in [5.74, 6) is 0. The first-order valence-corrected chi connectivity index (χ1v) is 13.1. The molecule has 1 saturated heterocycles. The Hall–Kier alpha value is -1.54. The first-order chi connectivity index (χ1) is 14.4. The first kappa shape index (κ1) is 21.7. The molecule has 0 aliphatic carbocycles. The molecule has 2 aliphatic rings. The van der Waals surface area contributed by atoms with Gasteiger partial charge in [0.05, 0.1) is 21.5 Å². The van der Waals surface area contributed by atoms with E-state index in [9.17, 15) is 8.42 Å². The van der Waals surface area contributed by atoms with E-state index in [1.54, 1.807) is 31.7 Å². The highest BCUT2D eigenvalue weighted by Gasteiger charge is 2.27. The molecule has 0 bridgehead atoms. The van der Waals surface area contributed by atoms with Crippen LogP contribution in [-0.4, -0.2) is 69.8 Å². The molecule has 0 aromatic heterocycles. The van der Waals surface area contributed by atoms with Crippen molar-refractivity contribution in [2.75, 3.05) is 51.2 Å². The summed E-state index contributed by atoms with van der Waals surface area (Å²) in [6.45, 7) is 9.93. The zero-order chi connectivity index (χ0) is 21.3. The lowest BCUT2D eigenvalue weighted by molar-refractivity contribution is 0.153. The van der Waals surface area contributed by atoms with Gasteiger partial charge in [0.25, 0.3) is 0 Å². The Kier molecular flexibility index (Phi) is 6.44. The third kappa shape index (κ3) is 4.40. The fourth-order valence-electron chi connectivity index (χ4n) is 4.02. The van der Waals surface area contributed by atoms with Gasteiger partial charge in [-0.15, -0.1) is 0 Å². The van der Waals surface area contributed by atoms with E-state index in [-0.39, 0.29) is 0 Å². The van der Waals surface area contributed by atoms with E-state index in [0.717, 1.165) is 56.3 Å². The van der Waals surface area contributed by atoms with Crippen LogP contribution >= 0.6 is 11.8 Å². The molecule has 1 fully saturated rings. The molecule has 5 nitrogen and oxygen atoms in total. The number of nitrogens with zero attached hydrogens (tertiary/aromatic N) is 3. The summed E-state index contributed by atoms with van der Waals surface area (Å²) in [5, 5.41) is -0.426. The van der Waals surface area contributed by atoms with E-state index in [0.29, 0.717) is 4.90 Å². The molecule has 0 amide bonds. The molecule has 2 aromatic carbocycles. The third-order valence-corrected chi connectivity index (χ3v) is 9.28. The van der Waals surface area contributed by atoms with Crippen LogP contribution in [0.1, 0.15) is 20.3 Å². The van der Waals surface area contributed by atoms with Gasteiger partial charge in [-0.1, -0.05) is 23.9 Å². The second-order valence-corrected chi connectivity index (χ2v) is 12.0. The predicted octanol–water partition coefficient (Wildman–Crippen LogP) is 4.11. The smallest absolute Gasteiger partial charge is 0.180 e. The minimum atomic E-state index is -3.30. The minimum Gasteiger partial charge on any atom is -0.340 e. The number of fused-ring (bicyclic) bond motifs is 2. The number of anilines is 2. The molecule has 0 atom stereocenters. The van der Waals surface area contributed by atoms with Crippen molar-refractivity contribution in [1.29, 1.82) is 0 Å². The standard InChI is InChI=1S/C23H31N3O2S2/c1-18(2)30(27,28)19-9-10-23-21(17-19)26(20-7-4-5-8-22(20)29-23)12-6-11-25-15-13-24(3)14-16-25/h4-5,7-10,17-18H,6,11-16H2,1-3H3. The molecule has 0 spiro atoms. The highest BCUT2D eigenvalue weighted by Crippen LogP contribution is 2.48. The van der Waals surface area contributed by atoms with Gasteiger partial charge in [0.1, 0.15) is 0 Å². The van der Waals surface area contributed by atoms with E-state index in [1.165, 1.54) is 10.6 Å². The van der Waals surface area contributed by atoms with Gasteiger partial charge >= 0.3 is 0 Å². The summed E-state index contributed by atoms with van der Waals surface area (Å²) in [7, 11) is -1.12. The van der Waals surface area contributed by atoms with Crippen LogP contribution in [0, 0.1) is 0 Å². The maximum atomic E-state index is 12.8. The monoisotopic (exact) mass is 445 g/mol. The number of sulfone groups is 1. The zero-order valence-electron chi connectivity index (χ0n) is 18.0. The molecule has 30 heavy (non-hydrogen) atoms. The SMILES string of the molecule is CC(C)S(=O)(=O)c1ccc2c(c1)N(CCCN1CCN(C)CC1)c1ccccc1S2.